The zero-order valence-electron chi connectivity index (χ0n) is 21.3. The monoisotopic (exact) mass is 480 g/mol. The van der Waals surface area contributed by atoms with Crippen LogP contribution in [0.25, 0.3) is 0 Å². The van der Waals surface area contributed by atoms with Crippen LogP contribution < -0.4 is 20.1 Å². The zero-order chi connectivity index (χ0) is 25.4. The van der Waals surface area contributed by atoms with Crippen molar-refractivity contribution in [1.82, 2.24) is 10.6 Å². The van der Waals surface area contributed by atoms with Gasteiger partial charge in [0.05, 0.1) is 24.3 Å². The summed E-state index contributed by atoms with van der Waals surface area (Å²) in [5.74, 6) is 0.708. The van der Waals surface area contributed by atoms with E-state index in [1.807, 2.05) is 70.2 Å². The summed E-state index contributed by atoms with van der Waals surface area (Å²) in [5.41, 5.74) is 3.98. The number of nitrogens with one attached hydrogen (secondary N) is 2. The summed E-state index contributed by atoms with van der Waals surface area (Å²) in [6, 6.07) is 12.6. The Morgan fingerprint density at radius 1 is 1.06 bits per heavy atom. The van der Waals surface area contributed by atoms with Gasteiger partial charge in [-0.2, -0.15) is 0 Å². The van der Waals surface area contributed by atoms with Crippen LogP contribution in [0, 0.1) is 6.92 Å². The van der Waals surface area contributed by atoms with Crippen molar-refractivity contribution in [1.29, 1.82) is 0 Å². The normalized spacial score (nSPS) is 15.5. The Balaban J connectivity index is 1.96. The van der Waals surface area contributed by atoms with Crippen LogP contribution in [0.4, 0.5) is 4.79 Å². The van der Waals surface area contributed by atoms with Gasteiger partial charge in [0.25, 0.3) is 0 Å². The first kappa shape index (κ1) is 26.1. The highest BCUT2D eigenvalue weighted by atomic mass is 16.5. The van der Waals surface area contributed by atoms with Gasteiger partial charge in [0.2, 0.25) is 0 Å². The number of unbranched alkanes of at least 4 members (excludes halogenated alkanes) is 1. The van der Waals surface area contributed by atoms with E-state index in [0.717, 1.165) is 29.5 Å². The lowest BCUT2D eigenvalue weighted by Crippen LogP contribution is -2.46. The summed E-state index contributed by atoms with van der Waals surface area (Å²) >= 11 is 0. The van der Waals surface area contributed by atoms with Gasteiger partial charge < -0.3 is 24.8 Å². The minimum atomic E-state index is -0.661. The lowest BCUT2D eigenvalue weighted by Gasteiger charge is -2.30. The van der Waals surface area contributed by atoms with E-state index >= 15 is 0 Å². The number of hydrogen-bond donors (Lipinski definition) is 2. The van der Waals surface area contributed by atoms with Crippen LogP contribution in [0.15, 0.2) is 53.7 Å². The third-order valence-corrected chi connectivity index (χ3v) is 5.74. The molecule has 0 fully saturated rings. The predicted octanol–water partition coefficient (Wildman–Crippen LogP) is 5.72. The van der Waals surface area contributed by atoms with Gasteiger partial charge in [0.1, 0.15) is 6.61 Å². The summed E-state index contributed by atoms with van der Waals surface area (Å²) in [6.45, 7) is 10.5. The molecular weight excluding hydrogens is 444 g/mol. The average molecular weight is 481 g/mol. The van der Waals surface area contributed by atoms with Crippen LogP contribution in [0.1, 0.15) is 69.7 Å². The van der Waals surface area contributed by atoms with Crippen molar-refractivity contribution < 1.29 is 23.8 Å². The van der Waals surface area contributed by atoms with Gasteiger partial charge in [-0.1, -0.05) is 43.7 Å². The van der Waals surface area contributed by atoms with Crippen LogP contribution in [-0.2, 0) is 16.1 Å². The smallest absolute Gasteiger partial charge is 0.338 e. The number of urea groups is 1. The number of rotatable bonds is 11. The van der Waals surface area contributed by atoms with Crippen molar-refractivity contribution in [3.05, 3.63) is 70.4 Å². The predicted molar refractivity (Wildman–Crippen MR) is 135 cm³/mol. The zero-order valence-corrected chi connectivity index (χ0v) is 21.3. The molecule has 3 rings (SSSR count). The Labute approximate surface area is 207 Å². The fourth-order valence-electron chi connectivity index (χ4n) is 3.96. The summed E-state index contributed by atoms with van der Waals surface area (Å²) in [5, 5.41) is 5.72. The SMILES string of the molecule is CCCCC1=C(C(=O)OC(C)C)C(c2ccc(OCc3ccccc3C)c(OCC)c2)NC(=O)N1. The summed E-state index contributed by atoms with van der Waals surface area (Å²) in [6.07, 6.45) is 2.08. The summed E-state index contributed by atoms with van der Waals surface area (Å²) in [4.78, 5) is 25.6. The number of ether oxygens (including phenoxy) is 3. The lowest BCUT2D eigenvalue weighted by molar-refractivity contribution is -0.143. The number of esters is 1. The van der Waals surface area contributed by atoms with E-state index in [2.05, 4.69) is 17.6 Å². The molecule has 2 N–H and O–H groups in total. The second kappa shape index (κ2) is 12.3. The van der Waals surface area contributed by atoms with E-state index in [1.165, 1.54) is 0 Å². The standard InChI is InChI=1S/C28H36N2O5/c1-6-8-13-22-25(27(31)35-18(3)4)26(30-28(32)29-22)20-14-15-23(24(16-20)33-7-2)34-17-21-12-10-9-11-19(21)5/h9-12,14-16,18,26H,6-8,13,17H2,1-5H3,(H2,29,30,32). The van der Waals surface area contributed by atoms with Gasteiger partial charge in [-0.15, -0.1) is 0 Å². The van der Waals surface area contributed by atoms with E-state index in [9.17, 15) is 9.59 Å². The molecule has 1 heterocycles. The van der Waals surface area contributed by atoms with Gasteiger partial charge in [-0.3, -0.25) is 0 Å². The molecule has 0 radical (unpaired) electrons. The summed E-state index contributed by atoms with van der Waals surface area (Å²) < 4.78 is 17.5. The van der Waals surface area contributed by atoms with Crippen LogP contribution in [0.5, 0.6) is 11.5 Å². The molecule has 7 heteroatoms. The molecule has 2 aromatic carbocycles. The van der Waals surface area contributed by atoms with E-state index < -0.39 is 12.0 Å². The Bertz CT molecular complexity index is 1080. The maximum atomic E-state index is 13.1. The van der Waals surface area contributed by atoms with E-state index in [4.69, 9.17) is 14.2 Å². The molecule has 0 saturated carbocycles. The van der Waals surface area contributed by atoms with Crippen molar-refractivity contribution in [3.63, 3.8) is 0 Å². The number of carbonyl (C=O) groups is 2. The van der Waals surface area contributed by atoms with Crippen molar-refractivity contribution in [2.75, 3.05) is 6.61 Å². The number of aryl methyl sites for hydroxylation is 1. The van der Waals surface area contributed by atoms with Gasteiger partial charge in [0.15, 0.2) is 11.5 Å². The molecule has 0 bridgehead atoms. The summed E-state index contributed by atoms with van der Waals surface area (Å²) in [7, 11) is 0. The molecule has 1 aliphatic heterocycles. The van der Waals surface area contributed by atoms with E-state index in [1.54, 1.807) is 0 Å². The van der Waals surface area contributed by atoms with Gasteiger partial charge in [-0.05, 0) is 69.4 Å². The topological polar surface area (TPSA) is 85.9 Å². The molecule has 7 nitrogen and oxygen atoms in total. The third kappa shape index (κ3) is 6.78. The fraction of sp³-hybridized carbons (Fsp3) is 0.429. The Kier molecular flexibility index (Phi) is 9.18. The molecule has 1 unspecified atom stereocenters. The highest BCUT2D eigenvalue weighted by Gasteiger charge is 2.34. The van der Waals surface area contributed by atoms with Gasteiger partial charge >= 0.3 is 12.0 Å². The minimum Gasteiger partial charge on any atom is -0.490 e. The van der Waals surface area contributed by atoms with Gasteiger partial charge in [-0.25, -0.2) is 9.59 Å². The van der Waals surface area contributed by atoms with Crippen molar-refractivity contribution in [3.8, 4) is 11.5 Å². The molecular formula is C28H36N2O5. The Hall–Kier alpha value is -3.48. The van der Waals surface area contributed by atoms with Gasteiger partial charge in [0, 0.05) is 5.70 Å². The first-order chi connectivity index (χ1) is 16.8. The second-order valence-electron chi connectivity index (χ2n) is 8.84. The second-order valence-corrected chi connectivity index (χ2v) is 8.84. The largest absolute Gasteiger partial charge is 0.490 e. The van der Waals surface area contributed by atoms with Crippen molar-refractivity contribution in [2.24, 2.45) is 0 Å². The number of carbonyl (C=O) groups excluding carboxylic acids is 2. The molecule has 188 valence electrons. The number of hydrogen-bond acceptors (Lipinski definition) is 5. The Morgan fingerprint density at radius 2 is 1.83 bits per heavy atom. The molecule has 35 heavy (non-hydrogen) atoms. The molecule has 0 saturated heterocycles. The molecule has 1 aliphatic rings. The molecule has 1 atom stereocenters. The minimum absolute atomic E-state index is 0.281. The average Bonchev–Trinajstić information content (AvgIpc) is 2.82. The molecule has 0 aromatic heterocycles. The van der Waals surface area contributed by atoms with Crippen LogP contribution >= 0.6 is 0 Å². The first-order valence-electron chi connectivity index (χ1n) is 12.3. The number of allylic oxidation sites excluding steroid dienone is 1. The first-order valence-corrected chi connectivity index (χ1v) is 12.3. The van der Waals surface area contributed by atoms with Crippen molar-refractivity contribution in [2.45, 2.75) is 72.6 Å². The molecule has 0 spiro atoms. The third-order valence-electron chi connectivity index (χ3n) is 5.74. The molecule has 0 aliphatic carbocycles. The van der Waals surface area contributed by atoms with Crippen molar-refractivity contribution >= 4 is 12.0 Å². The quantitative estimate of drug-likeness (QED) is 0.402. The molecule has 2 aromatic rings. The highest BCUT2D eigenvalue weighted by molar-refractivity contribution is 5.95. The number of amides is 2. The van der Waals surface area contributed by atoms with Crippen LogP contribution in [0.2, 0.25) is 0 Å². The Morgan fingerprint density at radius 3 is 2.51 bits per heavy atom. The maximum absolute atomic E-state index is 13.1. The lowest BCUT2D eigenvalue weighted by atomic mass is 9.93. The fourth-order valence-corrected chi connectivity index (χ4v) is 3.96. The highest BCUT2D eigenvalue weighted by Crippen LogP contribution is 2.36. The number of benzene rings is 2. The van der Waals surface area contributed by atoms with Crippen LogP contribution in [-0.4, -0.2) is 24.7 Å². The van der Waals surface area contributed by atoms with E-state index in [0.29, 0.717) is 42.4 Å². The molecule has 2 amide bonds. The maximum Gasteiger partial charge on any atom is 0.338 e. The van der Waals surface area contributed by atoms with Crippen LogP contribution in [0.3, 0.4) is 0 Å². The van der Waals surface area contributed by atoms with E-state index in [-0.39, 0.29) is 12.1 Å².